The molecule has 6 nitrogen and oxygen atoms in total. The van der Waals surface area contributed by atoms with Gasteiger partial charge in [0.15, 0.2) is 0 Å². The molecular formula is C24H30N4O2. The molecule has 1 spiro atoms. The third-order valence-corrected chi connectivity index (χ3v) is 7.34. The molecule has 1 aliphatic carbocycles. The fraction of sp³-hybridized carbons (Fsp3) is 0.500. The number of nitrogens with zero attached hydrogens (tertiary/aromatic N) is 3. The Bertz CT molecular complexity index is 901. The standard InChI is InChI=1S/C24H30N4O2/c29-23(26-30)20-12-19-8-11-28(15-22(19)25-13-20)21-6-9-24(10-7-21)16-27(17-24)14-18-4-2-1-3-5-18/h1-5,12-13,21,30H,6-11,14-17H2,(H,26,29). The largest absolute Gasteiger partial charge is 0.298 e. The number of aromatic nitrogens is 1. The summed E-state index contributed by atoms with van der Waals surface area (Å²) in [5, 5.41) is 8.82. The Balaban J connectivity index is 1.13. The third-order valence-electron chi connectivity index (χ3n) is 7.34. The van der Waals surface area contributed by atoms with Crippen LogP contribution in [0.15, 0.2) is 42.6 Å². The zero-order valence-corrected chi connectivity index (χ0v) is 17.4. The van der Waals surface area contributed by atoms with Crippen LogP contribution in [0.1, 0.15) is 52.9 Å². The van der Waals surface area contributed by atoms with Crippen LogP contribution in [0, 0.1) is 5.41 Å². The van der Waals surface area contributed by atoms with Crippen molar-refractivity contribution in [2.75, 3.05) is 19.6 Å². The number of rotatable bonds is 4. The average Bonchev–Trinajstić information content (AvgIpc) is 2.78. The van der Waals surface area contributed by atoms with E-state index >= 15 is 0 Å². The minimum Gasteiger partial charge on any atom is -0.298 e. The highest BCUT2D eigenvalue weighted by Crippen LogP contribution is 2.45. The van der Waals surface area contributed by atoms with Crippen LogP contribution in [-0.4, -0.2) is 51.6 Å². The topological polar surface area (TPSA) is 68.7 Å². The monoisotopic (exact) mass is 406 g/mol. The van der Waals surface area contributed by atoms with E-state index in [4.69, 9.17) is 5.21 Å². The molecule has 0 bridgehead atoms. The van der Waals surface area contributed by atoms with Crippen molar-refractivity contribution < 1.29 is 10.0 Å². The van der Waals surface area contributed by atoms with Gasteiger partial charge in [-0.2, -0.15) is 0 Å². The molecule has 0 unspecified atom stereocenters. The number of fused-ring (bicyclic) bond motifs is 1. The first kappa shape index (κ1) is 19.7. The Labute approximate surface area is 177 Å². The Morgan fingerprint density at radius 3 is 2.70 bits per heavy atom. The highest BCUT2D eigenvalue weighted by atomic mass is 16.5. The highest BCUT2D eigenvalue weighted by molar-refractivity contribution is 5.93. The van der Waals surface area contributed by atoms with E-state index < -0.39 is 5.91 Å². The van der Waals surface area contributed by atoms with Gasteiger partial charge in [-0.15, -0.1) is 0 Å². The minimum atomic E-state index is -0.493. The molecule has 0 atom stereocenters. The maximum absolute atomic E-state index is 11.6. The van der Waals surface area contributed by atoms with Crippen molar-refractivity contribution in [3.63, 3.8) is 0 Å². The molecule has 3 heterocycles. The lowest BCUT2D eigenvalue weighted by atomic mass is 9.67. The van der Waals surface area contributed by atoms with E-state index in [-0.39, 0.29) is 0 Å². The van der Waals surface area contributed by atoms with Gasteiger partial charge in [0.25, 0.3) is 5.91 Å². The van der Waals surface area contributed by atoms with Gasteiger partial charge in [-0.1, -0.05) is 30.3 Å². The lowest BCUT2D eigenvalue weighted by Crippen LogP contribution is -2.58. The quantitative estimate of drug-likeness (QED) is 0.604. The van der Waals surface area contributed by atoms with Crippen LogP contribution in [-0.2, 0) is 19.5 Å². The lowest BCUT2D eigenvalue weighted by Gasteiger charge is -2.55. The molecule has 5 rings (SSSR count). The van der Waals surface area contributed by atoms with Crippen LogP contribution in [0.4, 0.5) is 0 Å². The van der Waals surface area contributed by atoms with Gasteiger partial charge in [-0.3, -0.25) is 24.8 Å². The van der Waals surface area contributed by atoms with Crippen molar-refractivity contribution in [3.05, 3.63) is 65.0 Å². The SMILES string of the molecule is O=C(NO)c1cnc2c(c1)CCN(C1CCC3(CC1)CN(Cc1ccccc1)C3)C2. The molecule has 0 radical (unpaired) electrons. The summed E-state index contributed by atoms with van der Waals surface area (Å²) in [5.74, 6) is -0.493. The summed E-state index contributed by atoms with van der Waals surface area (Å²) in [4.78, 5) is 21.3. The second-order valence-corrected chi connectivity index (χ2v) is 9.35. The Morgan fingerprint density at radius 2 is 1.97 bits per heavy atom. The van der Waals surface area contributed by atoms with Crippen molar-refractivity contribution in [1.29, 1.82) is 0 Å². The van der Waals surface area contributed by atoms with Crippen LogP contribution in [0.3, 0.4) is 0 Å². The number of amides is 1. The fourth-order valence-electron chi connectivity index (χ4n) is 5.69. The van der Waals surface area contributed by atoms with E-state index in [1.807, 2.05) is 6.07 Å². The van der Waals surface area contributed by atoms with Crippen LogP contribution >= 0.6 is 0 Å². The first-order valence-electron chi connectivity index (χ1n) is 11.1. The van der Waals surface area contributed by atoms with Gasteiger partial charge in [0.05, 0.1) is 11.3 Å². The van der Waals surface area contributed by atoms with Gasteiger partial charge < -0.3 is 0 Å². The normalized spacial score (nSPS) is 21.8. The van der Waals surface area contributed by atoms with Crippen LogP contribution < -0.4 is 5.48 Å². The first-order chi connectivity index (χ1) is 14.6. The van der Waals surface area contributed by atoms with Crippen molar-refractivity contribution in [1.82, 2.24) is 20.3 Å². The lowest BCUT2D eigenvalue weighted by molar-refractivity contribution is -0.0513. The van der Waals surface area contributed by atoms with E-state index in [2.05, 4.69) is 45.1 Å². The number of likely N-dealkylation sites (tertiary alicyclic amines) is 1. The summed E-state index contributed by atoms with van der Waals surface area (Å²) in [6.45, 7) is 5.46. The van der Waals surface area contributed by atoms with Crippen molar-refractivity contribution >= 4 is 5.91 Å². The Kier molecular flexibility index (Phi) is 5.31. The van der Waals surface area contributed by atoms with Crippen LogP contribution in [0.5, 0.6) is 0 Å². The second-order valence-electron chi connectivity index (χ2n) is 9.35. The molecule has 3 aliphatic rings. The molecule has 1 saturated heterocycles. The molecule has 2 N–H and O–H groups in total. The van der Waals surface area contributed by atoms with Crippen LogP contribution in [0.25, 0.3) is 0 Å². The molecular weight excluding hydrogens is 376 g/mol. The number of carbonyl (C=O) groups is 1. The number of pyridine rings is 1. The van der Waals surface area contributed by atoms with Crippen LogP contribution in [0.2, 0.25) is 0 Å². The predicted octanol–water partition coefficient (Wildman–Crippen LogP) is 3.00. The van der Waals surface area contributed by atoms with E-state index in [0.29, 0.717) is 17.0 Å². The zero-order chi connectivity index (χ0) is 20.6. The summed E-state index contributed by atoms with van der Waals surface area (Å²) in [7, 11) is 0. The van der Waals surface area contributed by atoms with Gasteiger partial charge >= 0.3 is 0 Å². The van der Waals surface area contributed by atoms with Gasteiger partial charge in [-0.25, -0.2) is 5.48 Å². The van der Waals surface area contributed by atoms with E-state index in [1.165, 1.54) is 44.3 Å². The summed E-state index contributed by atoms with van der Waals surface area (Å²) < 4.78 is 0. The van der Waals surface area contributed by atoms with Crippen molar-refractivity contribution in [2.24, 2.45) is 5.41 Å². The van der Waals surface area contributed by atoms with Crippen molar-refractivity contribution in [2.45, 2.75) is 51.2 Å². The molecule has 158 valence electrons. The maximum atomic E-state index is 11.6. The van der Waals surface area contributed by atoms with Gasteiger partial charge in [0.2, 0.25) is 0 Å². The fourth-order valence-corrected chi connectivity index (χ4v) is 5.69. The first-order valence-corrected chi connectivity index (χ1v) is 11.1. The smallest absolute Gasteiger partial charge is 0.276 e. The Hall–Kier alpha value is -2.28. The number of nitrogens with one attached hydrogen (secondary N) is 1. The zero-order valence-electron chi connectivity index (χ0n) is 17.4. The number of hydroxylamine groups is 1. The number of benzene rings is 1. The number of carbonyl (C=O) groups excluding carboxylic acids is 1. The molecule has 2 aliphatic heterocycles. The summed E-state index contributed by atoms with van der Waals surface area (Å²) >= 11 is 0. The number of hydrogen-bond acceptors (Lipinski definition) is 5. The molecule has 1 amide bonds. The number of hydrogen-bond donors (Lipinski definition) is 2. The van der Waals surface area contributed by atoms with Gasteiger partial charge in [0, 0.05) is 45.0 Å². The molecule has 1 aromatic heterocycles. The average molecular weight is 407 g/mol. The van der Waals surface area contributed by atoms with E-state index in [0.717, 1.165) is 37.3 Å². The van der Waals surface area contributed by atoms with E-state index in [1.54, 1.807) is 11.7 Å². The molecule has 2 aromatic rings. The van der Waals surface area contributed by atoms with Gasteiger partial charge in [-0.05, 0) is 54.7 Å². The van der Waals surface area contributed by atoms with E-state index in [9.17, 15) is 4.79 Å². The highest BCUT2D eigenvalue weighted by Gasteiger charge is 2.45. The molecule has 1 saturated carbocycles. The second kappa shape index (κ2) is 8.10. The molecule has 30 heavy (non-hydrogen) atoms. The molecule has 1 aromatic carbocycles. The minimum absolute atomic E-state index is 0.425. The third kappa shape index (κ3) is 3.87. The summed E-state index contributed by atoms with van der Waals surface area (Å²) in [6.07, 6.45) is 7.70. The maximum Gasteiger partial charge on any atom is 0.276 e. The van der Waals surface area contributed by atoms with Crippen molar-refractivity contribution in [3.8, 4) is 0 Å². The molecule has 6 heteroatoms. The summed E-state index contributed by atoms with van der Waals surface area (Å²) in [6, 6.07) is 13.3. The molecule has 2 fully saturated rings. The predicted molar refractivity (Wildman–Crippen MR) is 114 cm³/mol. The van der Waals surface area contributed by atoms with Gasteiger partial charge in [0.1, 0.15) is 0 Å². The summed E-state index contributed by atoms with van der Waals surface area (Å²) in [5.41, 5.74) is 6.29. The Morgan fingerprint density at radius 1 is 1.20 bits per heavy atom.